The molecule has 0 bridgehead atoms. The van der Waals surface area contributed by atoms with Gasteiger partial charge in [0.05, 0.1) is 4.88 Å². The molecule has 0 saturated carbocycles. The van der Waals surface area contributed by atoms with Crippen molar-refractivity contribution in [1.29, 1.82) is 0 Å². The first-order valence-electron chi connectivity index (χ1n) is 3.15. The molecule has 1 rings (SSSR count). The van der Waals surface area contributed by atoms with E-state index in [0.29, 0.717) is 6.29 Å². The minimum Gasteiger partial charge on any atom is -0.354 e. The van der Waals surface area contributed by atoms with Gasteiger partial charge in [-0.15, -0.1) is 11.3 Å². The Balaban J connectivity index is 3.04. The maximum absolute atomic E-state index is 12.7. The minimum absolute atomic E-state index is 0.0476. The summed E-state index contributed by atoms with van der Waals surface area (Å²) in [5.74, 6) is -1.03. The standard InChI is InChI=1S/C7H6FNO2S/c1-9-7(11)5-2-4(8)6(3-10)12-5/h2-3H,1H3,(H,9,11). The Morgan fingerprint density at radius 1 is 1.75 bits per heavy atom. The summed E-state index contributed by atoms with van der Waals surface area (Å²) < 4.78 is 12.7. The van der Waals surface area contributed by atoms with Gasteiger partial charge in [0.25, 0.3) is 5.91 Å². The van der Waals surface area contributed by atoms with E-state index < -0.39 is 5.82 Å². The third-order valence-electron chi connectivity index (χ3n) is 1.27. The van der Waals surface area contributed by atoms with Crippen molar-refractivity contribution < 1.29 is 14.0 Å². The van der Waals surface area contributed by atoms with Crippen molar-refractivity contribution in [3.8, 4) is 0 Å². The van der Waals surface area contributed by atoms with E-state index in [1.807, 2.05) is 0 Å². The Labute approximate surface area is 72.2 Å². The largest absolute Gasteiger partial charge is 0.354 e. The molecule has 0 unspecified atom stereocenters. The van der Waals surface area contributed by atoms with E-state index in [1.165, 1.54) is 7.05 Å². The number of hydrogen-bond acceptors (Lipinski definition) is 3. The molecular weight excluding hydrogens is 181 g/mol. The van der Waals surface area contributed by atoms with Gasteiger partial charge in [-0.25, -0.2) is 4.39 Å². The Bertz CT molecular complexity index is 321. The van der Waals surface area contributed by atoms with Crippen LogP contribution >= 0.6 is 11.3 Å². The van der Waals surface area contributed by atoms with Crippen molar-refractivity contribution in [2.75, 3.05) is 7.05 Å². The molecule has 0 saturated heterocycles. The number of rotatable bonds is 2. The maximum atomic E-state index is 12.7. The molecule has 0 aliphatic carbocycles. The molecule has 12 heavy (non-hydrogen) atoms. The molecule has 1 aromatic heterocycles. The molecule has 0 aliphatic rings. The number of aldehydes is 1. The van der Waals surface area contributed by atoms with Crippen LogP contribution in [0.3, 0.4) is 0 Å². The number of thiophene rings is 1. The highest BCUT2D eigenvalue weighted by Gasteiger charge is 2.12. The van der Waals surface area contributed by atoms with Gasteiger partial charge in [0, 0.05) is 7.05 Å². The number of amides is 1. The predicted octanol–water partition coefficient (Wildman–Crippen LogP) is 1.06. The number of hydrogen-bond donors (Lipinski definition) is 1. The molecule has 0 aliphatic heterocycles. The second kappa shape index (κ2) is 3.44. The van der Waals surface area contributed by atoms with Gasteiger partial charge in [-0.2, -0.15) is 0 Å². The quantitative estimate of drug-likeness (QED) is 0.703. The van der Waals surface area contributed by atoms with Gasteiger partial charge in [-0.1, -0.05) is 0 Å². The van der Waals surface area contributed by atoms with Crippen LogP contribution in [-0.4, -0.2) is 19.2 Å². The third-order valence-corrected chi connectivity index (χ3v) is 2.31. The zero-order chi connectivity index (χ0) is 9.14. The SMILES string of the molecule is CNC(=O)c1cc(F)c(C=O)s1. The first-order chi connectivity index (χ1) is 5.69. The van der Waals surface area contributed by atoms with Crippen molar-refractivity contribution in [2.24, 2.45) is 0 Å². The van der Waals surface area contributed by atoms with Gasteiger partial charge in [0.15, 0.2) is 6.29 Å². The molecule has 1 N–H and O–H groups in total. The average Bonchev–Trinajstić information content (AvgIpc) is 2.45. The zero-order valence-electron chi connectivity index (χ0n) is 6.26. The summed E-state index contributed by atoms with van der Waals surface area (Å²) in [4.78, 5) is 21.3. The van der Waals surface area contributed by atoms with Gasteiger partial charge in [-0.3, -0.25) is 9.59 Å². The molecule has 1 aromatic rings. The van der Waals surface area contributed by atoms with Crippen LogP contribution in [0.1, 0.15) is 19.3 Å². The fourth-order valence-electron chi connectivity index (χ4n) is 0.698. The Morgan fingerprint density at radius 2 is 2.42 bits per heavy atom. The summed E-state index contributed by atoms with van der Waals surface area (Å²) in [6.07, 6.45) is 0.395. The molecule has 1 amide bonds. The van der Waals surface area contributed by atoms with E-state index in [2.05, 4.69) is 5.32 Å². The summed E-state index contributed by atoms with van der Waals surface area (Å²) in [5.41, 5.74) is 0. The summed E-state index contributed by atoms with van der Waals surface area (Å²) in [7, 11) is 1.44. The van der Waals surface area contributed by atoms with Crippen molar-refractivity contribution >= 4 is 23.5 Å². The lowest BCUT2D eigenvalue weighted by atomic mass is 10.4. The highest BCUT2D eigenvalue weighted by molar-refractivity contribution is 7.15. The van der Waals surface area contributed by atoms with Crippen LogP contribution < -0.4 is 5.32 Å². The molecule has 0 radical (unpaired) electrons. The summed E-state index contributed by atoms with van der Waals surface area (Å²) in [6.45, 7) is 0. The maximum Gasteiger partial charge on any atom is 0.261 e. The molecule has 0 atom stereocenters. The molecule has 64 valence electrons. The van der Waals surface area contributed by atoms with Gasteiger partial charge in [0.1, 0.15) is 10.7 Å². The van der Waals surface area contributed by atoms with Crippen molar-refractivity contribution in [3.63, 3.8) is 0 Å². The highest BCUT2D eigenvalue weighted by atomic mass is 32.1. The minimum atomic E-state index is -0.645. The van der Waals surface area contributed by atoms with E-state index in [4.69, 9.17) is 0 Å². The molecule has 1 heterocycles. The van der Waals surface area contributed by atoms with E-state index in [1.54, 1.807) is 0 Å². The first-order valence-corrected chi connectivity index (χ1v) is 3.97. The van der Waals surface area contributed by atoms with Gasteiger partial charge in [0.2, 0.25) is 0 Å². The van der Waals surface area contributed by atoms with Crippen LogP contribution in [0.15, 0.2) is 6.07 Å². The lowest BCUT2D eigenvalue weighted by molar-refractivity contribution is 0.0966. The topological polar surface area (TPSA) is 46.2 Å². The van der Waals surface area contributed by atoms with Crippen LogP contribution in [0.5, 0.6) is 0 Å². The van der Waals surface area contributed by atoms with E-state index in [-0.39, 0.29) is 15.7 Å². The molecule has 0 aromatic carbocycles. The molecule has 0 fully saturated rings. The van der Waals surface area contributed by atoms with Crippen molar-refractivity contribution in [1.82, 2.24) is 5.32 Å². The summed E-state index contributed by atoms with van der Waals surface area (Å²) in [5, 5.41) is 2.33. The van der Waals surface area contributed by atoms with Crippen LogP contribution in [0, 0.1) is 5.82 Å². The van der Waals surface area contributed by atoms with Crippen LogP contribution in [0.2, 0.25) is 0 Å². The second-order valence-electron chi connectivity index (χ2n) is 2.02. The normalized spacial score (nSPS) is 9.50. The Morgan fingerprint density at radius 3 is 2.83 bits per heavy atom. The second-order valence-corrected chi connectivity index (χ2v) is 3.10. The average molecular weight is 187 g/mol. The van der Waals surface area contributed by atoms with Crippen LogP contribution in [0.25, 0.3) is 0 Å². The lowest BCUT2D eigenvalue weighted by Crippen LogP contribution is -2.16. The fourth-order valence-corrected chi connectivity index (χ4v) is 1.50. The van der Waals surface area contributed by atoms with E-state index >= 15 is 0 Å². The zero-order valence-corrected chi connectivity index (χ0v) is 7.07. The van der Waals surface area contributed by atoms with Gasteiger partial charge in [-0.05, 0) is 6.07 Å². The third kappa shape index (κ3) is 1.50. The summed E-state index contributed by atoms with van der Waals surface area (Å²) >= 11 is 0.837. The number of carbonyl (C=O) groups is 2. The van der Waals surface area contributed by atoms with Crippen LogP contribution in [-0.2, 0) is 0 Å². The van der Waals surface area contributed by atoms with Crippen molar-refractivity contribution in [3.05, 3.63) is 21.6 Å². The van der Waals surface area contributed by atoms with E-state index in [9.17, 15) is 14.0 Å². The smallest absolute Gasteiger partial charge is 0.261 e. The molecule has 3 nitrogen and oxygen atoms in total. The Kier molecular flexibility index (Phi) is 2.54. The number of carbonyl (C=O) groups excluding carboxylic acids is 2. The fraction of sp³-hybridized carbons (Fsp3) is 0.143. The number of nitrogens with one attached hydrogen (secondary N) is 1. The number of halogens is 1. The van der Waals surface area contributed by atoms with Crippen LogP contribution in [0.4, 0.5) is 4.39 Å². The van der Waals surface area contributed by atoms with Gasteiger partial charge >= 0.3 is 0 Å². The van der Waals surface area contributed by atoms with Crippen molar-refractivity contribution in [2.45, 2.75) is 0 Å². The summed E-state index contributed by atoms with van der Waals surface area (Å²) in [6, 6.07) is 1.05. The van der Waals surface area contributed by atoms with Gasteiger partial charge < -0.3 is 5.32 Å². The molecule has 0 spiro atoms. The molecular formula is C7H6FNO2S. The molecule has 5 heteroatoms. The monoisotopic (exact) mass is 187 g/mol. The Hall–Kier alpha value is -1.23. The highest BCUT2D eigenvalue weighted by Crippen LogP contribution is 2.18. The first kappa shape index (κ1) is 8.86. The lowest BCUT2D eigenvalue weighted by Gasteiger charge is -1.90. The predicted molar refractivity (Wildman–Crippen MR) is 43.1 cm³/mol. The van der Waals surface area contributed by atoms with E-state index in [0.717, 1.165) is 17.4 Å².